The topological polar surface area (TPSA) is 41.1 Å². The number of nitrogens with one attached hydrogen (secondary N) is 2. The van der Waals surface area contributed by atoms with Gasteiger partial charge < -0.3 is 10.6 Å². The molecule has 0 spiro atoms. The minimum atomic E-state index is -0.952. The summed E-state index contributed by atoms with van der Waals surface area (Å²) in [5, 5.41) is 6.18. The Labute approximate surface area is 69.7 Å². The molecule has 0 amide bonds. The van der Waals surface area contributed by atoms with E-state index in [2.05, 4.69) is 10.6 Å². The molecule has 3 nitrogen and oxygen atoms in total. The molecule has 11 heavy (non-hydrogen) atoms. The lowest BCUT2D eigenvalue weighted by atomic mass is 10.4. The standard InChI is InChI=1S/C7H18N2OP/c1-4-11(10)6-5-7(8-2)9-3/h7-9H,4-6H2,1-3H3/q+1. The molecule has 66 valence electrons. The first-order valence-corrected chi connectivity index (χ1v) is 5.64. The Morgan fingerprint density at radius 3 is 2.27 bits per heavy atom. The van der Waals surface area contributed by atoms with Crippen LogP contribution in [0.3, 0.4) is 0 Å². The van der Waals surface area contributed by atoms with Crippen molar-refractivity contribution in [1.82, 2.24) is 10.6 Å². The normalized spacial score (nSPS) is 12.2. The molecule has 0 saturated carbocycles. The van der Waals surface area contributed by atoms with Crippen LogP contribution < -0.4 is 10.6 Å². The van der Waals surface area contributed by atoms with Gasteiger partial charge in [0.05, 0.1) is 6.17 Å². The van der Waals surface area contributed by atoms with Crippen molar-refractivity contribution in [2.24, 2.45) is 0 Å². The zero-order valence-corrected chi connectivity index (χ0v) is 8.45. The van der Waals surface area contributed by atoms with Crippen LogP contribution in [0.1, 0.15) is 13.3 Å². The van der Waals surface area contributed by atoms with E-state index in [1.165, 1.54) is 0 Å². The van der Waals surface area contributed by atoms with Gasteiger partial charge in [0, 0.05) is 6.42 Å². The van der Waals surface area contributed by atoms with E-state index in [-0.39, 0.29) is 0 Å². The van der Waals surface area contributed by atoms with Crippen molar-refractivity contribution in [3.63, 3.8) is 0 Å². The van der Waals surface area contributed by atoms with E-state index in [0.29, 0.717) is 6.17 Å². The molecule has 2 N–H and O–H groups in total. The highest BCUT2D eigenvalue weighted by molar-refractivity contribution is 7.44. The molecule has 0 fully saturated rings. The second-order valence-electron chi connectivity index (χ2n) is 2.44. The lowest BCUT2D eigenvalue weighted by molar-refractivity contribution is 0.480. The smallest absolute Gasteiger partial charge is 0.305 e. The van der Waals surface area contributed by atoms with Gasteiger partial charge in [-0.25, -0.2) is 0 Å². The fourth-order valence-electron chi connectivity index (χ4n) is 0.864. The Kier molecular flexibility index (Phi) is 6.73. The Balaban J connectivity index is 3.42. The SMILES string of the molecule is CC[P+](=O)CCC(NC)NC. The molecule has 0 radical (unpaired) electrons. The Morgan fingerprint density at radius 1 is 1.36 bits per heavy atom. The molecular formula is C7H18N2OP+. The highest BCUT2D eigenvalue weighted by atomic mass is 31.1. The molecule has 0 heterocycles. The molecule has 0 aromatic heterocycles. The molecule has 1 unspecified atom stereocenters. The molecule has 0 aromatic carbocycles. The second-order valence-corrected chi connectivity index (χ2v) is 4.48. The minimum Gasteiger partial charge on any atom is -0.305 e. The van der Waals surface area contributed by atoms with Crippen molar-refractivity contribution < 1.29 is 4.57 Å². The summed E-state index contributed by atoms with van der Waals surface area (Å²) >= 11 is 0. The molecule has 4 heteroatoms. The average Bonchev–Trinajstić information content (AvgIpc) is 2.06. The lowest BCUT2D eigenvalue weighted by Gasteiger charge is -2.11. The van der Waals surface area contributed by atoms with Crippen LogP contribution in [0.15, 0.2) is 0 Å². The van der Waals surface area contributed by atoms with Gasteiger partial charge in [-0.2, -0.15) is 0 Å². The van der Waals surface area contributed by atoms with Gasteiger partial charge in [0.25, 0.3) is 0 Å². The third kappa shape index (κ3) is 5.31. The monoisotopic (exact) mass is 177 g/mol. The molecule has 0 aromatic rings. The van der Waals surface area contributed by atoms with Crippen LogP contribution in [0.5, 0.6) is 0 Å². The molecule has 0 aliphatic carbocycles. The van der Waals surface area contributed by atoms with Crippen LogP contribution in [-0.4, -0.2) is 32.6 Å². The fourth-order valence-corrected chi connectivity index (χ4v) is 1.73. The highest BCUT2D eigenvalue weighted by Crippen LogP contribution is 2.20. The zero-order valence-electron chi connectivity index (χ0n) is 7.55. The molecule has 0 aliphatic heterocycles. The predicted molar refractivity (Wildman–Crippen MR) is 49.5 cm³/mol. The maximum absolute atomic E-state index is 11.0. The Morgan fingerprint density at radius 2 is 1.91 bits per heavy atom. The van der Waals surface area contributed by atoms with E-state index in [4.69, 9.17) is 0 Å². The van der Waals surface area contributed by atoms with Crippen molar-refractivity contribution in [2.45, 2.75) is 19.5 Å². The van der Waals surface area contributed by atoms with E-state index >= 15 is 0 Å². The zero-order chi connectivity index (χ0) is 8.69. The highest BCUT2D eigenvalue weighted by Gasteiger charge is 2.13. The van der Waals surface area contributed by atoms with Crippen molar-refractivity contribution in [3.8, 4) is 0 Å². The maximum atomic E-state index is 11.0. The van der Waals surface area contributed by atoms with Crippen LogP contribution in [-0.2, 0) is 4.57 Å². The predicted octanol–water partition coefficient (Wildman–Crippen LogP) is 0.989. The van der Waals surface area contributed by atoms with Gasteiger partial charge in [-0.3, -0.25) is 0 Å². The van der Waals surface area contributed by atoms with Gasteiger partial charge in [-0.1, -0.05) is 4.57 Å². The van der Waals surface area contributed by atoms with Crippen LogP contribution in [0, 0.1) is 0 Å². The number of rotatable bonds is 6. The van der Waals surface area contributed by atoms with Crippen molar-refractivity contribution in [3.05, 3.63) is 0 Å². The Bertz CT molecular complexity index is 115. The third-order valence-electron chi connectivity index (χ3n) is 1.72. The molecular weight excluding hydrogens is 159 g/mol. The van der Waals surface area contributed by atoms with E-state index in [1.807, 2.05) is 21.0 Å². The van der Waals surface area contributed by atoms with Gasteiger partial charge in [0.2, 0.25) is 0 Å². The molecule has 0 saturated heterocycles. The first kappa shape index (κ1) is 11.0. The van der Waals surface area contributed by atoms with Gasteiger partial charge in [0.1, 0.15) is 12.3 Å². The van der Waals surface area contributed by atoms with Crippen LogP contribution >= 0.6 is 7.80 Å². The summed E-state index contributed by atoms with van der Waals surface area (Å²) in [4.78, 5) is 0. The van der Waals surface area contributed by atoms with E-state index in [9.17, 15) is 4.57 Å². The van der Waals surface area contributed by atoms with E-state index in [0.717, 1.165) is 18.7 Å². The first-order chi connectivity index (χ1) is 5.24. The van der Waals surface area contributed by atoms with E-state index in [1.54, 1.807) is 0 Å². The average molecular weight is 177 g/mol. The van der Waals surface area contributed by atoms with Gasteiger partial charge in [-0.15, -0.1) is 0 Å². The molecule has 0 aliphatic rings. The summed E-state index contributed by atoms with van der Waals surface area (Å²) in [5.74, 6) is 0. The van der Waals surface area contributed by atoms with Crippen molar-refractivity contribution in [2.75, 3.05) is 26.4 Å². The summed E-state index contributed by atoms with van der Waals surface area (Å²) in [6, 6.07) is 0. The van der Waals surface area contributed by atoms with E-state index < -0.39 is 7.80 Å². The third-order valence-corrected chi connectivity index (χ3v) is 3.18. The van der Waals surface area contributed by atoms with Crippen molar-refractivity contribution >= 4 is 7.80 Å². The summed E-state index contributed by atoms with van der Waals surface area (Å²) in [5.41, 5.74) is 0. The molecule has 1 atom stereocenters. The van der Waals surface area contributed by atoms with Crippen molar-refractivity contribution in [1.29, 1.82) is 0 Å². The van der Waals surface area contributed by atoms with Crippen LogP contribution in [0.2, 0.25) is 0 Å². The van der Waals surface area contributed by atoms with Crippen LogP contribution in [0.25, 0.3) is 0 Å². The summed E-state index contributed by atoms with van der Waals surface area (Å²) in [6.07, 6.45) is 2.87. The quantitative estimate of drug-likeness (QED) is 0.469. The van der Waals surface area contributed by atoms with Gasteiger partial charge in [-0.05, 0) is 21.0 Å². The largest absolute Gasteiger partial charge is 0.338 e. The Hall–Kier alpha value is 0.0200. The number of hydrogen-bond acceptors (Lipinski definition) is 3. The maximum Gasteiger partial charge on any atom is 0.338 e. The summed E-state index contributed by atoms with van der Waals surface area (Å²) in [7, 11) is 2.85. The van der Waals surface area contributed by atoms with Gasteiger partial charge in [0.15, 0.2) is 0 Å². The second kappa shape index (κ2) is 6.71. The summed E-state index contributed by atoms with van der Waals surface area (Å²) in [6.45, 7) is 1.96. The van der Waals surface area contributed by atoms with Crippen LogP contribution in [0.4, 0.5) is 0 Å². The molecule has 0 rings (SSSR count). The minimum absolute atomic E-state index is 0.306. The first-order valence-electron chi connectivity index (χ1n) is 4.01. The lowest BCUT2D eigenvalue weighted by Crippen LogP contribution is -2.37. The fraction of sp³-hybridized carbons (Fsp3) is 1.00. The summed E-state index contributed by atoms with van der Waals surface area (Å²) < 4.78 is 11.0. The van der Waals surface area contributed by atoms with Gasteiger partial charge >= 0.3 is 7.80 Å². The molecule has 0 bridgehead atoms. The number of hydrogen-bond donors (Lipinski definition) is 2.